The number of unbranched alkanes of at least 4 members (excludes halogenated alkanes) is 1. The van der Waals surface area contributed by atoms with Crippen molar-refractivity contribution in [1.82, 2.24) is 0 Å². The molecule has 0 amide bonds. The SMILES string of the molecule is CC(C)(C)OC(=O)OCCCCC(=O)c1ccccc1F. The third kappa shape index (κ3) is 6.88. The number of rotatable bonds is 6. The van der Waals surface area contributed by atoms with Crippen molar-refractivity contribution >= 4 is 11.9 Å². The van der Waals surface area contributed by atoms with E-state index in [1.807, 2.05) is 0 Å². The smallest absolute Gasteiger partial charge is 0.434 e. The third-order valence-corrected chi connectivity index (χ3v) is 2.58. The highest BCUT2D eigenvalue weighted by atomic mass is 19.1. The van der Waals surface area contributed by atoms with Gasteiger partial charge in [-0.15, -0.1) is 0 Å². The summed E-state index contributed by atoms with van der Waals surface area (Å²) in [7, 11) is 0. The van der Waals surface area contributed by atoms with Crippen LogP contribution >= 0.6 is 0 Å². The van der Waals surface area contributed by atoms with Crippen molar-refractivity contribution in [2.24, 2.45) is 0 Å². The van der Waals surface area contributed by atoms with E-state index in [1.54, 1.807) is 32.9 Å². The van der Waals surface area contributed by atoms with Crippen LogP contribution in [0.3, 0.4) is 0 Å². The Morgan fingerprint density at radius 2 is 1.81 bits per heavy atom. The van der Waals surface area contributed by atoms with Crippen molar-refractivity contribution in [3.63, 3.8) is 0 Å². The largest absolute Gasteiger partial charge is 0.508 e. The number of Topliss-reactive ketones (excluding diaryl/α,β-unsaturated/α-hetero) is 1. The zero-order chi connectivity index (χ0) is 15.9. The van der Waals surface area contributed by atoms with Crippen LogP contribution in [0.1, 0.15) is 50.4 Å². The average Bonchev–Trinajstić information content (AvgIpc) is 2.36. The van der Waals surface area contributed by atoms with E-state index in [0.29, 0.717) is 12.8 Å². The highest BCUT2D eigenvalue weighted by Crippen LogP contribution is 2.12. The third-order valence-electron chi connectivity index (χ3n) is 2.58. The van der Waals surface area contributed by atoms with E-state index >= 15 is 0 Å². The maximum Gasteiger partial charge on any atom is 0.508 e. The Kier molecular flexibility index (Phi) is 6.34. The second-order valence-electron chi connectivity index (χ2n) is 5.67. The minimum atomic E-state index is -0.720. The molecule has 0 fully saturated rings. The van der Waals surface area contributed by atoms with Crippen molar-refractivity contribution in [3.05, 3.63) is 35.6 Å². The molecule has 0 radical (unpaired) electrons. The zero-order valence-electron chi connectivity index (χ0n) is 12.6. The van der Waals surface area contributed by atoms with Gasteiger partial charge in [0.2, 0.25) is 0 Å². The lowest BCUT2D eigenvalue weighted by Gasteiger charge is -2.18. The van der Waals surface area contributed by atoms with Crippen LogP contribution in [0, 0.1) is 5.82 Å². The second-order valence-corrected chi connectivity index (χ2v) is 5.67. The molecule has 0 atom stereocenters. The average molecular weight is 296 g/mol. The first-order valence-electron chi connectivity index (χ1n) is 6.93. The lowest BCUT2D eigenvalue weighted by atomic mass is 10.1. The monoisotopic (exact) mass is 296 g/mol. The Bertz CT molecular complexity index is 491. The second kappa shape index (κ2) is 7.76. The molecule has 116 valence electrons. The van der Waals surface area contributed by atoms with E-state index in [2.05, 4.69) is 0 Å². The Hall–Kier alpha value is -1.91. The topological polar surface area (TPSA) is 52.6 Å². The van der Waals surface area contributed by atoms with Crippen molar-refractivity contribution in [1.29, 1.82) is 0 Å². The van der Waals surface area contributed by atoms with Gasteiger partial charge in [-0.1, -0.05) is 12.1 Å². The molecule has 0 aromatic heterocycles. The Balaban J connectivity index is 2.22. The number of ketones is 1. The fourth-order valence-electron chi connectivity index (χ4n) is 1.64. The molecule has 0 spiro atoms. The van der Waals surface area contributed by atoms with Crippen LogP contribution in [0.5, 0.6) is 0 Å². The van der Waals surface area contributed by atoms with Crippen molar-refractivity contribution in [2.75, 3.05) is 6.61 Å². The van der Waals surface area contributed by atoms with Crippen molar-refractivity contribution in [3.8, 4) is 0 Å². The molecular weight excluding hydrogens is 275 g/mol. The molecule has 0 aliphatic heterocycles. The van der Waals surface area contributed by atoms with Crippen LogP contribution in [-0.2, 0) is 9.47 Å². The van der Waals surface area contributed by atoms with E-state index in [4.69, 9.17) is 9.47 Å². The molecule has 0 saturated carbocycles. The molecule has 4 nitrogen and oxygen atoms in total. The number of halogens is 1. The van der Waals surface area contributed by atoms with Gasteiger partial charge in [-0.3, -0.25) is 4.79 Å². The summed E-state index contributed by atoms with van der Waals surface area (Å²) in [6.45, 7) is 5.43. The first-order chi connectivity index (χ1) is 9.79. The number of carbonyl (C=O) groups is 2. The number of hydrogen-bond donors (Lipinski definition) is 0. The van der Waals surface area contributed by atoms with Gasteiger partial charge in [0.1, 0.15) is 11.4 Å². The van der Waals surface area contributed by atoms with E-state index in [9.17, 15) is 14.0 Å². The van der Waals surface area contributed by atoms with E-state index in [0.717, 1.165) is 0 Å². The molecule has 0 aliphatic carbocycles. The van der Waals surface area contributed by atoms with Crippen molar-refractivity contribution < 1.29 is 23.5 Å². The standard InChI is InChI=1S/C16H21FO4/c1-16(2,3)21-15(19)20-11-7-6-10-14(18)12-8-4-5-9-13(12)17/h4-5,8-9H,6-7,10-11H2,1-3H3. The summed E-state index contributed by atoms with van der Waals surface area (Å²) >= 11 is 0. The van der Waals surface area contributed by atoms with Gasteiger partial charge in [-0.05, 0) is 45.7 Å². The van der Waals surface area contributed by atoms with Crippen LogP contribution < -0.4 is 0 Å². The van der Waals surface area contributed by atoms with Gasteiger partial charge in [0.05, 0.1) is 12.2 Å². The predicted molar refractivity (Wildman–Crippen MR) is 76.8 cm³/mol. The Morgan fingerprint density at radius 3 is 2.43 bits per heavy atom. The fourth-order valence-corrected chi connectivity index (χ4v) is 1.64. The first kappa shape index (κ1) is 17.1. The molecule has 1 aromatic rings. The van der Waals surface area contributed by atoms with E-state index in [-0.39, 0.29) is 24.4 Å². The fraction of sp³-hybridized carbons (Fsp3) is 0.500. The van der Waals surface area contributed by atoms with Gasteiger partial charge in [-0.2, -0.15) is 0 Å². The van der Waals surface area contributed by atoms with E-state index < -0.39 is 17.6 Å². The van der Waals surface area contributed by atoms with Gasteiger partial charge >= 0.3 is 6.16 Å². The van der Waals surface area contributed by atoms with Crippen LogP contribution in [0.2, 0.25) is 0 Å². The summed E-state index contributed by atoms with van der Waals surface area (Å²) < 4.78 is 23.2. The predicted octanol–water partition coefficient (Wildman–Crippen LogP) is 4.13. The lowest BCUT2D eigenvalue weighted by Crippen LogP contribution is -2.24. The molecule has 0 aliphatic rings. The molecular formula is C16H21FO4. The first-order valence-corrected chi connectivity index (χ1v) is 6.93. The summed E-state index contributed by atoms with van der Waals surface area (Å²) in [4.78, 5) is 23.0. The number of benzene rings is 1. The normalized spacial score (nSPS) is 11.0. The molecule has 0 N–H and O–H groups in total. The summed E-state index contributed by atoms with van der Waals surface area (Å²) in [5.74, 6) is -0.752. The minimum absolute atomic E-state index is 0.102. The molecule has 5 heteroatoms. The van der Waals surface area contributed by atoms with Crippen molar-refractivity contribution in [2.45, 2.75) is 45.6 Å². The summed E-state index contributed by atoms with van der Waals surface area (Å²) in [5, 5.41) is 0. The van der Waals surface area contributed by atoms with Gasteiger partial charge in [0.15, 0.2) is 5.78 Å². The Morgan fingerprint density at radius 1 is 1.14 bits per heavy atom. The number of carbonyl (C=O) groups excluding carboxylic acids is 2. The van der Waals surface area contributed by atoms with Crippen LogP contribution in [0.25, 0.3) is 0 Å². The number of hydrogen-bond acceptors (Lipinski definition) is 4. The summed E-state index contributed by atoms with van der Waals surface area (Å²) in [6, 6.07) is 5.90. The van der Waals surface area contributed by atoms with Gasteiger partial charge in [0.25, 0.3) is 0 Å². The highest BCUT2D eigenvalue weighted by molar-refractivity contribution is 5.96. The van der Waals surface area contributed by atoms with E-state index in [1.165, 1.54) is 12.1 Å². The molecule has 0 heterocycles. The van der Waals surface area contributed by atoms with Gasteiger partial charge in [-0.25, -0.2) is 9.18 Å². The molecule has 0 unspecified atom stereocenters. The molecule has 21 heavy (non-hydrogen) atoms. The molecule has 1 rings (SSSR count). The number of ether oxygens (including phenoxy) is 2. The maximum absolute atomic E-state index is 13.4. The van der Waals surface area contributed by atoms with Crippen LogP contribution in [-0.4, -0.2) is 24.1 Å². The van der Waals surface area contributed by atoms with Gasteiger partial charge < -0.3 is 9.47 Å². The Labute approximate surface area is 124 Å². The lowest BCUT2D eigenvalue weighted by molar-refractivity contribution is -0.00761. The minimum Gasteiger partial charge on any atom is -0.434 e. The van der Waals surface area contributed by atoms with Crippen LogP contribution in [0.15, 0.2) is 24.3 Å². The maximum atomic E-state index is 13.4. The molecule has 1 aromatic carbocycles. The molecule has 0 bridgehead atoms. The highest BCUT2D eigenvalue weighted by Gasteiger charge is 2.17. The quantitative estimate of drug-likeness (QED) is 0.450. The van der Waals surface area contributed by atoms with Gasteiger partial charge in [0, 0.05) is 6.42 Å². The summed E-state index contributed by atoms with van der Waals surface area (Å²) in [6.07, 6.45) is 0.552. The van der Waals surface area contributed by atoms with Crippen LogP contribution in [0.4, 0.5) is 9.18 Å². The summed E-state index contributed by atoms with van der Waals surface area (Å²) in [5.41, 5.74) is -0.483. The molecule has 0 saturated heterocycles. The zero-order valence-corrected chi connectivity index (χ0v) is 12.6.